The summed E-state index contributed by atoms with van der Waals surface area (Å²) in [6.45, 7) is 1.75. The summed E-state index contributed by atoms with van der Waals surface area (Å²) in [5, 5.41) is 0.727. The number of allylic oxidation sites excluding steroid dienone is 3. The van der Waals surface area contributed by atoms with Gasteiger partial charge in [-0.1, -0.05) is 58.4 Å². The van der Waals surface area contributed by atoms with Crippen LogP contribution in [0, 0.1) is 0 Å². The van der Waals surface area contributed by atoms with Crippen LogP contribution < -0.4 is 0 Å². The highest BCUT2D eigenvalue weighted by Crippen LogP contribution is 2.38. The fourth-order valence-corrected chi connectivity index (χ4v) is 6.49. The van der Waals surface area contributed by atoms with E-state index in [-0.39, 0.29) is 5.91 Å². The minimum Gasteiger partial charge on any atom is -0.345 e. The van der Waals surface area contributed by atoms with Crippen LogP contribution in [0.25, 0.3) is 27.7 Å². The molecule has 0 aliphatic heterocycles. The molecular weight excluding hydrogens is 550 g/mol. The summed E-state index contributed by atoms with van der Waals surface area (Å²) in [5.74, 6) is -0.0927. The number of halogens is 1. The van der Waals surface area contributed by atoms with E-state index < -0.39 is 14.8 Å². The van der Waals surface area contributed by atoms with E-state index in [0.717, 1.165) is 32.1 Å². The average Bonchev–Trinajstić information content (AvgIpc) is 3.29. The third kappa shape index (κ3) is 4.45. The highest BCUT2D eigenvalue weighted by Gasteiger charge is 2.40. The molecule has 0 fully saturated rings. The van der Waals surface area contributed by atoms with Gasteiger partial charge in [0, 0.05) is 47.5 Å². The van der Waals surface area contributed by atoms with Gasteiger partial charge in [-0.05, 0) is 66.4 Å². The first-order chi connectivity index (χ1) is 17.6. The van der Waals surface area contributed by atoms with Crippen LogP contribution in [0.3, 0.4) is 0 Å². The Balaban J connectivity index is 1.60. The first kappa shape index (κ1) is 25.2. The molecule has 4 aromatic rings. The number of amides is 1. The monoisotopic (exact) mass is 575 g/mol. The Labute approximate surface area is 225 Å². The molecule has 2 aromatic carbocycles. The van der Waals surface area contributed by atoms with E-state index in [0.29, 0.717) is 17.6 Å². The van der Waals surface area contributed by atoms with Crippen molar-refractivity contribution in [2.24, 2.45) is 0 Å². The zero-order valence-electron chi connectivity index (χ0n) is 20.7. The number of hydrogen-bond acceptors (Lipinski definition) is 4. The van der Waals surface area contributed by atoms with Gasteiger partial charge in [0.2, 0.25) is 10.0 Å². The summed E-state index contributed by atoms with van der Waals surface area (Å²) in [6.07, 6.45) is 9.31. The molecule has 2 heterocycles. The van der Waals surface area contributed by atoms with Crippen LogP contribution in [0.15, 0.2) is 95.8 Å². The van der Waals surface area contributed by atoms with Crippen molar-refractivity contribution in [2.45, 2.75) is 18.1 Å². The third-order valence-electron chi connectivity index (χ3n) is 6.69. The molecule has 0 bridgehead atoms. The van der Waals surface area contributed by atoms with Crippen LogP contribution in [0.5, 0.6) is 0 Å². The van der Waals surface area contributed by atoms with Gasteiger partial charge in [-0.3, -0.25) is 4.79 Å². The summed E-state index contributed by atoms with van der Waals surface area (Å²) in [6, 6.07) is 18.7. The largest absolute Gasteiger partial charge is 0.345 e. The zero-order chi connectivity index (χ0) is 26.4. The quantitative estimate of drug-likeness (QED) is 0.286. The number of carbonyl (C=O) groups is 1. The molecule has 1 amide bonds. The van der Waals surface area contributed by atoms with E-state index in [1.54, 1.807) is 51.6 Å². The third-order valence-corrected chi connectivity index (χ3v) is 9.48. The van der Waals surface area contributed by atoms with Gasteiger partial charge in [0.1, 0.15) is 4.75 Å². The molecule has 0 spiro atoms. The molecule has 1 atom stereocenters. The first-order valence-electron chi connectivity index (χ1n) is 11.8. The highest BCUT2D eigenvalue weighted by atomic mass is 79.9. The molecule has 5 rings (SSSR count). The lowest BCUT2D eigenvalue weighted by atomic mass is 9.93. The van der Waals surface area contributed by atoms with Gasteiger partial charge in [0.25, 0.3) is 5.91 Å². The molecule has 0 radical (unpaired) electrons. The summed E-state index contributed by atoms with van der Waals surface area (Å²) < 4.78 is 29.5. The van der Waals surface area contributed by atoms with Crippen LogP contribution in [-0.4, -0.2) is 47.0 Å². The smallest absolute Gasteiger partial charge is 0.253 e. The summed E-state index contributed by atoms with van der Waals surface area (Å²) in [4.78, 5) is 18.3. The minimum absolute atomic E-state index is 0.0927. The summed E-state index contributed by atoms with van der Waals surface area (Å²) in [5.41, 5.74) is 4.29. The molecule has 1 aliphatic carbocycles. The second-order valence-corrected chi connectivity index (χ2v) is 12.7. The van der Waals surface area contributed by atoms with Crippen LogP contribution in [0.4, 0.5) is 0 Å². The van der Waals surface area contributed by atoms with E-state index in [9.17, 15) is 13.2 Å². The Morgan fingerprint density at radius 2 is 1.70 bits per heavy atom. The van der Waals surface area contributed by atoms with E-state index in [1.807, 2.05) is 60.7 Å². The number of benzene rings is 2. The van der Waals surface area contributed by atoms with Crippen molar-refractivity contribution in [1.29, 1.82) is 0 Å². The van der Waals surface area contributed by atoms with Crippen LogP contribution in [-0.2, 0) is 10.0 Å². The standard InChI is InChI=1S/C29H26BrN3O3S/c1-29(16-4-6-23(18-29)20-12-14-24(30)15-13-20)37(35,36)33-19-26(25-7-5-17-31-27(25)33)21-8-10-22(11-9-21)28(34)32(2)3/h4-15,17-19H,16H2,1-3H3. The molecule has 188 valence electrons. The Morgan fingerprint density at radius 3 is 2.38 bits per heavy atom. The molecule has 0 saturated heterocycles. The van der Waals surface area contributed by atoms with Crippen molar-refractivity contribution in [1.82, 2.24) is 13.9 Å². The number of pyridine rings is 1. The lowest BCUT2D eigenvalue weighted by molar-refractivity contribution is 0.0827. The van der Waals surface area contributed by atoms with Crippen molar-refractivity contribution in [3.63, 3.8) is 0 Å². The van der Waals surface area contributed by atoms with Crippen LogP contribution in [0.1, 0.15) is 29.3 Å². The Morgan fingerprint density at radius 1 is 1.03 bits per heavy atom. The molecule has 6 nitrogen and oxygen atoms in total. The van der Waals surface area contributed by atoms with E-state index >= 15 is 0 Å². The molecule has 2 aromatic heterocycles. The molecule has 0 saturated carbocycles. The number of carbonyl (C=O) groups excluding carboxylic acids is 1. The second kappa shape index (κ2) is 9.43. The number of hydrogen-bond donors (Lipinski definition) is 0. The van der Waals surface area contributed by atoms with Crippen molar-refractivity contribution in [2.75, 3.05) is 14.1 Å². The van der Waals surface area contributed by atoms with Gasteiger partial charge >= 0.3 is 0 Å². The maximum atomic E-state index is 14.2. The maximum absolute atomic E-state index is 14.2. The van der Waals surface area contributed by atoms with Crippen molar-refractivity contribution in [3.05, 3.63) is 107 Å². The van der Waals surface area contributed by atoms with Gasteiger partial charge in [0.05, 0.1) is 0 Å². The van der Waals surface area contributed by atoms with Gasteiger partial charge in [-0.25, -0.2) is 17.4 Å². The molecular formula is C29H26BrN3O3S. The zero-order valence-corrected chi connectivity index (χ0v) is 23.1. The van der Waals surface area contributed by atoms with Gasteiger partial charge in [-0.15, -0.1) is 0 Å². The lowest BCUT2D eigenvalue weighted by Crippen LogP contribution is -2.38. The Bertz CT molecular complexity index is 1670. The predicted molar refractivity (Wildman–Crippen MR) is 152 cm³/mol. The van der Waals surface area contributed by atoms with Crippen LogP contribution >= 0.6 is 15.9 Å². The van der Waals surface area contributed by atoms with Crippen LogP contribution in [0.2, 0.25) is 0 Å². The second-order valence-electron chi connectivity index (χ2n) is 9.52. The fraction of sp³-hybridized carbons (Fsp3) is 0.172. The van der Waals surface area contributed by atoms with E-state index in [2.05, 4.69) is 20.9 Å². The molecule has 1 unspecified atom stereocenters. The van der Waals surface area contributed by atoms with E-state index in [1.165, 1.54) is 8.87 Å². The predicted octanol–water partition coefficient (Wildman–Crippen LogP) is 6.15. The molecule has 8 heteroatoms. The minimum atomic E-state index is -3.90. The Hall–Kier alpha value is -3.49. The van der Waals surface area contributed by atoms with Crippen molar-refractivity contribution in [3.8, 4) is 11.1 Å². The molecule has 1 aliphatic rings. The number of fused-ring (bicyclic) bond motifs is 1. The summed E-state index contributed by atoms with van der Waals surface area (Å²) in [7, 11) is -0.488. The number of aromatic nitrogens is 2. The van der Waals surface area contributed by atoms with Gasteiger partial charge in [0.15, 0.2) is 5.65 Å². The fourth-order valence-electron chi connectivity index (χ4n) is 4.58. The van der Waals surface area contributed by atoms with Gasteiger partial charge in [-0.2, -0.15) is 0 Å². The Kier molecular flexibility index (Phi) is 6.41. The maximum Gasteiger partial charge on any atom is 0.253 e. The van der Waals surface area contributed by atoms with Crippen molar-refractivity contribution >= 4 is 48.5 Å². The topological polar surface area (TPSA) is 72.3 Å². The normalized spacial score (nSPS) is 17.6. The van der Waals surface area contributed by atoms with Crippen molar-refractivity contribution < 1.29 is 13.2 Å². The number of nitrogens with zero attached hydrogens (tertiary/aromatic N) is 3. The highest BCUT2D eigenvalue weighted by molar-refractivity contribution is 9.10. The summed E-state index contributed by atoms with van der Waals surface area (Å²) >= 11 is 3.45. The first-order valence-corrected chi connectivity index (χ1v) is 14.0. The molecule has 37 heavy (non-hydrogen) atoms. The average molecular weight is 577 g/mol. The number of rotatable bonds is 5. The van der Waals surface area contributed by atoms with Gasteiger partial charge < -0.3 is 4.90 Å². The lowest BCUT2D eigenvalue weighted by Gasteiger charge is -2.29. The van der Waals surface area contributed by atoms with E-state index in [4.69, 9.17) is 0 Å². The SMILES string of the molecule is CN(C)C(=O)c1ccc(-c2cn(S(=O)(=O)C3(C)C=C(c4ccc(Br)cc4)C=CC3)c3ncccc23)cc1. The molecule has 0 N–H and O–H groups in total.